The second-order valence-electron chi connectivity index (χ2n) is 6.65. The van der Waals surface area contributed by atoms with Crippen LogP contribution in [-0.2, 0) is 0 Å². The number of ether oxygens (including phenoxy) is 2. The molecule has 2 aromatic carbocycles. The highest BCUT2D eigenvalue weighted by atomic mass is 35.5. The lowest BCUT2D eigenvalue weighted by molar-refractivity contribution is -0.385. The van der Waals surface area contributed by atoms with Gasteiger partial charge in [0.2, 0.25) is 0 Å². The molecule has 1 aliphatic rings. The number of hydrogen-bond donors (Lipinski definition) is 2. The van der Waals surface area contributed by atoms with Gasteiger partial charge in [-0.25, -0.2) is 0 Å². The first-order chi connectivity index (χ1) is 14.2. The highest BCUT2D eigenvalue weighted by Crippen LogP contribution is 2.42. The molecule has 1 heterocycles. The molecule has 0 saturated carbocycles. The fourth-order valence-electron chi connectivity index (χ4n) is 3.46. The number of hydrogen-bond acceptors (Lipinski definition) is 7. The van der Waals surface area contributed by atoms with Gasteiger partial charge in [0.25, 0.3) is 5.69 Å². The van der Waals surface area contributed by atoms with Crippen molar-refractivity contribution >= 4 is 30.5 Å². The van der Waals surface area contributed by atoms with Crippen LogP contribution in [0.15, 0.2) is 36.4 Å². The van der Waals surface area contributed by atoms with E-state index in [9.17, 15) is 28.4 Å². The number of benzene rings is 2. The van der Waals surface area contributed by atoms with Crippen molar-refractivity contribution in [2.24, 2.45) is 0 Å². The summed E-state index contributed by atoms with van der Waals surface area (Å²) in [5, 5.41) is 25.3. The lowest BCUT2D eigenvalue weighted by Crippen LogP contribution is -2.45. The first kappa shape index (κ1) is 27.6. The summed E-state index contributed by atoms with van der Waals surface area (Å²) in [5.41, 5.74) is 0.508. The predicted molar refractivity (Wildman–Crippen MR) is 115 cm³/mol. The van der Waals surface area contributed by atoms with E-state index in [2.05, 4.69) is 10.1 Å². The summed E-state index contributed by atoms with van der Waals surface area (Å²) in [6.07, 6.45) is -4.81. The number of methoxy groups -OCH3 is 1. The van der Waals surface area contributed by atoms with Gasteiger partial charge in [-0.15, -0.1) is 38.0 Å². The molecule has 0 spiro atoms. The Bertz CT molecular complexity index is 910. The van der Waals surface area contributed by atoms with Gasteiger partial charge >= 0.3 is 6.36 Å². The van der Waals surface area contributed by atoms with Gasteiger partial charge < -0.3 is 19.9 Å². The van der Waals surface area contributed by atoms with Crippen LogP contribution < -0.4 is 14.8 Å². The highest BCUT2D eigenvalue weighted by molar-refractivity contribution is 5.85. The molecule has 3 rings (SSSR count). The van der Waals surface area contributed by atoms with E-state index in [1.807, 2.05) is 4.90 Å². The largest absolute Gasteiger partial charge is 0.573 e. The van der Waals surface area contributed by atoms with Crippen LogP contribution in [0.4, 0.5) is 18.9 Å². The molecule has 2 N–H and O–H groups in total. The monoisotopic (exact) mass is 499 g/mol. The van der Waals surface area contributed by atoms with Crippen molar-refractivity contribution in [2.45, 2.75) is 12.4 Å². The Morgan fingerprint density at radius 2 is 1.75 bits per heavy atom. The summed E-state index contributed by atoms with van der Waals surface area (Å²) in [7, 11) is 1.28. The molecular weight excluding hydrogens is 478 g/mol. The van der Waals surface area contributed by atoms with E-state index in [4.69, 9.17) is 4.74 Å². The van der Waals surface area contributed by atoms with Crippen LogP contribution in [0.3, 0.4) is 0 Å². The second-order valence-corrected chi connectivity index (χ2v) is 6.65. The van der Waals surface area contributed by atoms with Gasteiger partial charge in [-0.1, -0.05) is 12.1 Å². The van der Waals surface area contributed by atoms with Gasteiger partial charge in [-0.3, -0.25) is 15.0 Å². The van der Waals surface area contributed by atoms with E-state index in [1.165, 1.54) is 37.4 Å². The molecule has 0 bridgehead atoms. The topological polar surface area (TPSA) is 97.1 Å². The maximum atomic E-state index is 12.5. The molecular formula is C19H22Cl2F3N3O5. The van der Waals surface area contributed by atoms with Gasteiger partial charge in [0.15, 0.2) is 11.5 Å². The SMILES string of the molecule is COc1cc([N+](=O)[O-])cc([C@H](c2ccc(OC(F)(F)F)cc2)N2CCNCC2)c1O.Cl.Cl. The van der Waals surface area contributed by atoms with Crippen LogP contribution in [0, 0.1) is 10.1 Å². The van der Waals surface area contributed by atoms with Gasteiger partial charge in [-0.2, -0.15) is 0 Å². The van der Waals surface area contributed by atoms with E-state index < -0.39 is 17.3 Å². The molecule has 8 nitrogen and oxygen atoms in total. The molecule has 0 unspecified atom stereocenters. The summed E-state index contributed by atoms with van der Waals surface area (Å²) in [4.78, 5) is 12.8. The number of nitro benzene ring substituents is 1. The normalized spacial score (nSPS) is 15.1. The van der Waals surface area contributed by atoms with Crippen molar-refractivity contribution < 1.29 is 32.7 Å². The fraction of sp³-hybridized carbons (Fsp3) is 0.368. The van der Waals surface area contributed by atoms with Gasteiger partial charge in [0, 0.05) is 37.8 Å². The molecule has 0 aliphatic carbocycles. The number of halogens is 5. The summed E-state index contributed by atoms with van der Waals surface area (Å²) < 4.78 is 46.4. The zero-order chi connectivity index (χ0) is 21.9. The van der Waals surface area contributed by atoms with Gasteiger partial charge in [0.1, 0.15) is 5.75 Å². The molecule has 0 amide bonds. The Labute approximate surface area is 194 Å². The molecule has 2 aromatic rings. The number of piperazine rings is 1. The molecule has 0 aromatic heterocycles. The summed E-state index contributed by atoms with van der Waals surface area (Å²) in [6.45, 7) is 2.43. The van der Waals surface area contributed by atoms with Crippen LogP contribution in [0.2, 0.25) is 0 Å². The number of aromatic hydroxyl groups is 1. The van der Waals surface area contributed by atoms with E-state index in [1.54, 1.807) is 0 Å². The average Bonchev–Trinajstić information content (AvgIpc) is 2.70. The van der Waals surface area contributed by atoms with Crippen LogP contribution in [0.25, 0.3) is 0 Å². The lowest BCUT2D eigenvalue weighted by atomic mass is 9.94. The first-order valence-corrected chi connectivity index (χ1v) is 9.05. The molecule has 1 aliphatic heterocycles. The van der Waals surface area contributed by atoms with Crippen molar-refractivity contribution in [1.82, 2.24) is 10.2 Å². The Kier molecular flexibility index (Phi) is 9.83. The zero-order valence-electron chi connectivity index (χ0n) is 16.8. The Morgan fingerprint density at radius 1 is 1.16 bits per heavy atom. The highest BCUT2D eigenvalue weighted by Gasteiger charge is 2.32. The minimum absolute atomic E-state index is 0. The minimum Gasteiger partial charge on any atom is -0.504 e. The maximum absolute atomic E-state index is 12.5. The number of rotatable bonds is 6. The van der Waals surface area contributed by atoms with Crippen molar-refractivity contribution in [3.05, 3.63) is 57.6 Å². The standard InChI is InChI=1S/C19H20F3N3O5.2ClH/c1-29-16-11-13(25(27)28)10-15(18(16)26)17(24-8-6-23-7-9-24)12-2-4-14(5-3-12)30-19(20,21)22;;/h2-5,10-11,17,23,26H,6-9H2,1H3;2*1H/t17-;;/m0../s1. The van der Waals surface area contributed by atoms with Crippen molar-refractivity contribution in [1.29, 1.82) is 0 Å². The third-order valence-electron chi connectivity index (χ3n) is 4.76. The number of nitro groups is 1. The summed E-state index contributed by atoms with van der Waals surface area (Å²) in [6, 6.07) is 6.96. The Morgan fingerprint density at radius 3 is 2.25 bits per heavy atom. The molecule has 178 valence electrons. The van der Waals surface area contributed by atoms with Crippen LogP contribution in [0.1, 0.15) is 17.2 Å². The smallest absolute Gasteiger partial charge is 0.504 e. The van der Waals surface area contributed by atoms with Crippen molar-refractivity contribution in [3.63, 3.8) is 0 Å². The molecule has 1 fully saturated rings. The molecule has 32 heavy (non-hydrogen) atoms. The van der Waals surface area contributed by atoms with E-state index in [-0.39, 0.29) is 53.3 Å². The maximum Gasteiger partial charge on any atom is 0.573 e. The third kappa shape index (κ3) is 6.52. The summed E-state index contributed by atoms with van der Waals surface area (Å²) >= 11 is 0. The number of phenolic OH excluding ortho intramolecular Hbond substituents is 1. The van der Waals surface area contributed by atoms with Crippen molar-refractivity contribution in [3.8, 4) is 17.2 Å². The van der Waals surface area contributed by atoms with Crippen LogP contribution in [-0.4, -0.2) is 54.6 Å². The number of nitrogens with zero attached hydrogens (tertiary/aromatic N) is 2. The molecule has 13 heteroatoms. The van der Waals surface area contributed by atoms with E-state index in [0.717, 1.165) is 6.07 Å². The second kappa shape index (κ2) is 11.4. The number of alkyl halides is 3. The van der Waals surface area contributed by atoms with E-state index in [0.29, 0.717) is 31.7 Å². The number of non-ortho nitro benzene ring substituents is 1. The molecule has 0 radical (unpaired) electrons. The summed E-state index contributed by atoms with van der Waals surface area (Å²) in [5.74, 6) is -0.704. The van der Waals surface area contributed by atoms with Crippen LogP contribution >= 0.6 is 24.8 Å². The quantitative estimate of drug-likeness (QED) is 0.457. The van der Waals surface area contributed by atoms with E-state index >= 15 is 0 Å². The number of phenols is 1. The van der Waals surface area contributed by atoms with Crippen molar-refractivity contribution in [2.75, 3.05) is 33.3 Å². The molecule has 1 saturated heterocycles. The zero-order valence-corrected chi connectivity index (χ0v) is 18.4. The number of nitrogens with one attached hydrogen (secondary N) is 1. The lowest BCUT2D eigenvalue weighted by Gasteiger charge is -2.36. The van der Waals surface area contributed by atoms with Gasteiger partial charge in [-0.05, 0) is 17.7 Å². The first-order valence-electron chi connectivity index (χ1n) is 9.05. The third-order valence-corrected chi connectivity index (χ3v) is 4.76. The Hall–Kier alpha value is -2.47. The predicted octanol–water partition coefficient (Wildman–Crippen LogP) is 4.05. The average molecular weight is 500 g/mol. The van der Waals surface area contributed by atoms with Crippen LogP contribution in [0.5, 0.6) is 17.2 Å². The fourth-order valence-corrected chi connectivity index (χ4v) is 3.46. The minimum atomic E-state index is -4.81. The van der Waals surface area contributed by atoms with Gasteiger partial charge in [0.05, 0.1) is 24.1 Å². The Balaban J connectivity index is 0.00000256. The molecule has 1 atom stereocenters.